The van der Waals surface area contributed by atoms with E-state index in [1.54, 1.807) is 25.1 Å². The lowest BCUT2D eigenvalue weighted by Gasteiger charge is -2.29. The summed E-state index contributed by atoms with van der Waals surface area (Å²) < 4.78 is 16.8. The molecule has 1 aromatic heterocycles. The van der Waals surface area contributed by atoms with Gasteiger partial charge < -0.3 is 9.67 Å². The predicted molar refractivity (Wildman–Crippen MR) is 114 cm³/mol. The van der Waals surface area contributed by atoms with Crippen molar-refractivity contribution in [3.8, 4) is 0 Å². The molecule has 2 saturated carbocycles. The Balaban J connectivity index is 1.46. The van der Waals surface area contributed by atoms with Gasteiger partial charge in [-0.05, 0) is 68.2 Å². The van der Waals surface area contributed by atoms with E-state index in [2.05, 4.69) is 10.3 Å². The standard InChI is InChI=1S/C24H26FN3O2/c1-24(30,17-6-3-2-4-7-17)14-21(29)26-23-27-22-19(25)12-16(15-10-11-15)13-20(22)28(23)18-8-5-9-18/h2-4,6-7,12-13,15,18,30H,5,8-11,14H2,1H3,(H,26,27,29)/t24-/m0/s1. The molecule has 30 heavy (non-hydrogen) atoms. The van der Waals surface area contributed by atoms with Gasteiger partial charge in [0.05, 0.1) is 17.5 Å². The van der Waals surface area contributed by atoms with Crippen LogP contribution >= 0.6 is 0 Å². The number of hydrogen-bond acceptors (Lipinski definition) is 3. The fraction of sp³-hybridized carbons (Fsp3) is 0.417. The average molecular weight is 407 g/mol. The van der Waals surface area contributed by atoms with Gasteiger partial charge in [-0.3, -0.25) is 10.1 Å². The van der Waals surface area contributed by atoms with E-state index in [-0.39, 0.29) is 24.2 Å². The number of nitrogens with one attached hydrogen (secondary N) is 1. The third-order valence-electron chi connectivity index (χ3n) is 6.41. The van der Waals surface area contributed by atoms with Gasteiger partial charge in [-0.25, -0.2) is 9.37 Å². The fourth-order valence-electron chi connectivity index (χ4n) is 4.31. The molecule has 0 saturated heterocycles. The van der Waals surface area contributed by atoms with Crippen molar-refractivity contribution < 1.29 is 14.3 Å². The van der Waals surface area contributed by atoms with Crippen LogP contribution in [0.15, 0.2) is 42.5 Å². The highest BCUT2D eigenvalue weighted by atomic mass is 19.1. The summed E-state index contributed by atoms with van der Waals surface area (Å²) in [6.07, 6.45) is 5.18. The number of aliphatic hydroxyl groups is 1. The SMILES string of the molecule is C[C@](O)(CC(=O)Nc1nc2c(F)cc(C3CC3)cc2n1C1CCC1)c1ccccc1. The number of amides is 1. The quantitative estimate of drug-likeness (QED) is 0.603. The molecule has 2 fully saturated rings. The Morgan fingerprint density at radius 3 is 2.60 bits per heavy atom. The van der Waals surface area contributed by atoms with Crippen LogP contribution in [0.25, 0.3) is 11.0 Å². The van der Waals surface area contributed by atoms with Crippen LogP contribution in [0.4, 0.5) is 10.3 Å². The second kappa shape index (κ2) is 7.20. The van der Waals surface area contributed by atoms with E-state index < -0.39 is 5.60 Å². The number of halogens is 1. The third kappa shape index (κ3) is 3.49. The molecule has 1 heterocycles. The minimum atomic E-state index is -1.30. The molecule has 0 spiro atoms. The maximum atomic E-state index is 14.8. The van der Waals surface area contributed by atoms with Crippen molar-refractivity contribution in [2.75, 3.05) is 5.32 Å². The Bertz CT molecular complexity index is 1100. The molecule has 1 amide bonds. The first kappa shape index (κ1) is 19.2. The number of nitrogens with zero attached hydrogens (tertiary/aromatic N) is 2. The summed E-state index contributed by atoms with van der Waals surface area (Å²) in [4.78, 5) is 17.3. The molecule has 0 radical (unpaired) electrons. The molecule has 2 aliphatic carbocycles. The van der Waals surface area contributed by atoms with E-state index in [0.717, 1.165) is 43.2 Å². The van der Waals surface area contributed by atoms with Crippen molar-refractivity contribution in [3.63, 3.8) is 0 Å². The fourth-order valence-corrected chi connectivity index (χ4v) is 4.31. The monoisotopic (exact) mass is 407 g/mol. The van der Waals surface area contributed by atoms with Gasteiger partial charge in [0.2, 0.25) is 11.9 Å². The van der Waals surface area contributed by atoms with Gasteiger partial charge in [0.1, 0.15) is 5.52 Å². The number of benzene rings is 2. The van der Waals surface area contributed by atoms with Crippen LogP contribution in [0.3, 0.4) is 0 Å². The van der Waals surface area contributed by atoms with E-state index in [1.165, 1.54) is 0 Å². The summed E-state index contributed by atoms with van der Waals surface area (Å²) in [6.45, 7) is 1.62. The largest absolute Gasteiger partial charge is 0.385 e. The number of carbonyl (C=O) groups excluding carboxylic acids is 1. The summed E-state index contributed by atoms with van der Waals surface area (Å²) in [5, 5.41) is 13.7. The predicted octanol–water partition coefficient (Wildman–Crippen LogP) is 5.01. The van der Waals surface area contributed by atoms with Gasteiger partial charge in [0.15, 0.2) is 5.82 Å². The van der Waals surface area contributed by atoms with Crippen molar-refractivity contribution in [1.82, 2.24) is 9.55 Å². The smallest absolute Gasteiger partial charge is 0.229 e. The van der Waals surface area contributed by atoms with Crippen molar-refractivity contribution in [1.29, 1.82) is 0 Å². The van der Waals surface area contributed by atoms with Crippen LogP contribution in [0.1, 0.15) is 68.5 Å². The van der Waals surface area contributed by atoms with Gasteiger partial charge in [-0.1, -0.05) is 30.3 Å². The van der Waals surface area contributed by atoms with Crippen molar-refractivity contribution >= 4 is 22.9 Å². The van der Waals surface area contributed by atoms with E-state index >= 15 is 0 Å². The second-order valence-corrected chi connectivity index (χ2v) is 8.90. The van der Waals surface area contributed by atoms with Crippen LogP contribution in [0.2, 0.25) is 0 Å². The van der Waals surface area contributed by atoms with Crippen LogP contribution in [-0.2, 0) is 10.4 Å². The first-order chi connectivity index (χ1) is 14.4. The molecule has 5 nitrogen and oxygen atoms in total. The van der Waals surface area contributed by atoms with Crippen molar-refractivity contribution in [3.05, 3.63) is 59.4 Å². The Kier molecular flexibility index (Phi) is 4.62. The summed E-state index contributed by atoms with van der Waals surface area (Å²) >= 11 is 0. The van der Waals surface area contributed by atoms with Crippen molar-refractivity contribution in [2.45, 2.75) is 63.0 Å². The summed E-state index contributed by atoms with van der Waals surface area (Å²) in [7, 11) is 0. The first-order valence-electron chi connectivity index (χ1n) is 10.7. The number of hydrogen-bond donors (Lipinski definition) is 2. The molecule has 0 unspecified atom stereocenters. The minimum Gasteiger partial charge on any atom is -0.385 e. The highest BCUT2D eigenvalue weighted by Crippen LogP contribution is 2.43. The maximum absolute atomic E-state index is 14.8. The van der Waals surface area contributed by atoms with E-state index in [9.17, 15) is 14.3 Å². The van der Waals surface area contributed by atoms with Gasteiger partial charge in [-0.2, -0.15) is 0 Å². The van der Waals surface area contributed by atoms with Crippen LogP contribution in [-0.4, -0.2) is 20.6 Å². The number of fused-ring (bicyclic) bond motifs is 1. The Hall–Kier alpha value is -2.73. The number of rotatable bonds is 6. The van der Waals surface area contributed by atoms with E-state index in [4.69, 9.17) is 0 Å². The van der Waals surface area contributed by atoms with E-state index in [1.807, 2.05) is 28.8 Å². The number of aromatic nitrogens is 2. The highest BCUT2D eigenvalue weighted by molar-refractivity contribution is 5.92. The zero-order chi connectivity index (χ0) is 20.9. The molecule has 1 atom stereocenters. The molecular weight excluding hydrogens is 381 g/mol. The normalized spacial score (nSPS) is 18.8. The average Bonchev–Trinajstić information content (AvgIpc) is 3.46. The lowest BCUT2D eigenvalue weighted by atomic mass is 9.92. The van der Waals surface area contributed by atoms with Crippen molar-refractivity contribution in [2.24, 2.45) is 0 Å². The van der Waals surface area contributed by atoms with Gasteiger partial charge in [0, 0.05) is 6.04 Å². The van der Waals surface area contributed by atoms with Gasteiger partial charge >= 0.3 is 0 Å². The lowest BCUT2D eigenvalue weighted by Crippen LogP contribution is -2.30. The molecule has 2 aromatic carbocycles. The molecule has 156 valence electrons. The molecule has 2 aliphatic rings. The minimum absolute atomic E-state index is 0.110. The second-order valence-electron chi connectivity index (χ2n) is 8.90. The number of anilines is 1. The molecule has 6 heteroatoms. The molecular formula is C24H26FN3O2. The summed E-state index contributed by atoms with van der Waals surface area (Å²) in [5.74, 6) is 0.130. The molecule has 0 aliphatic heterocycles. The maximum Gasteiger partial charge on any atom is 0.229 e. The molecule has 3 aromatic rings. The summed E-state index contributed by atoms with van der Waals surface area (Å²) in [6, 6.07) is 13.0. The Morgan fingerprint density at radius 2 is 1.97 bits per heavy atom. The van der Waals surface area contributed by atoms with Gasteiger partial charge in [0.25, 0.3) is 0 Å². The third-order valence-corrected chi connectivity index (χ3v) is 6.41. The topological polar surface area (TPSA) is 67.2 Å². The lowest BCUT2D eigenvalue weighted by molar-refractivity contribution is -0.120. The number of carbonyl (C=O) groups is 1. The number of imidazole rings is 1. The first-order valence-corrected chi connectivity index (χ1v) is 10.7. The Labute approximate surface area is 174 Å². The molecule has 5 rings (SSSR count). The van der Waals surface area contributed by atoms with Gasteiger partial charge in [-0.15, -0.1) is 0 Å². The van der Waals surface area contributed by atoms with Crippen LogP contribution < -0.4 is 5.32 Å². The zero-order valence-electron chi connectivity index (χ0n) is 17.1. The van der Waals surface area contributed by atoms with Crippen LogP contribution in [0, 0.1) is 5.82 Å². The zero-order valence-corrected chi connectivity index (χ0v) is 17.1. The molecule has 0 bridgehead atoms. The van der Waals surface area contributed by atoms with E-state index in [0.29, 0.717) is 22.9 Å². The highest BCUT2D eigenvalue weighted by Gasteiger charge is 2.31. The summed E-state index contributed by atoms with van der Waals surface area (Å²) in [5.41, 5.74) is 1.45. The van der Waals surface area contributed by atoms with Crippen LogP contribution in [0.5, 0.6) is 0 Å². The Morgan fingerprint density at radius 1 is 1.23 bits per heavy atom. The molecule has 2 N–H and O–H groups in total.